The largest absolute Gasteiger partial charge is 0.393 e. The summed E-state index contributed by atoms with van der Waals surface area (Å²) in [6.07, 6.45) is -2.81. The normalized spacial score (nSPS) is 22.4. The minimum Gasteiger partial charge on any atom is -0.364 e. The molecule has 4 heterocycles. The number of rotatable bonds is 8. The summed E-state index contributed by atoms with van der Waals surface area (Å²) < 4.78 is 86.7. The molecule has 0 aromatic carbocycles. The van der Waals surface area contributed by atoms with E-state index in [0.29, 0.717) is 17.0 Å². The molecule has 5 rings (SSSR count). The molecule has 3 aromatic rings. The molecule has 2 unspecified atom stereocenters. The van der Waals surface area contributed by atoms with Gasteiger partial charge in [-0.15, -0.1) is 0 Å². The summed E-state index contributed by atoms with van der Waals surface area (Å²) >= 11 is 0. The number of hydrogen-bond acceptors (Lipinski definition) is 6. The average molecular weight is 587 g/mol. The molecule has 1 saturated carbocycles. The minimum absolute atomic E-state index is 0.0232. The Morgan fingerprint density at radius 1 is 1.24 bits per heavy atom. The van der Waals surface area contributed by atoms with Crippen LogP contribution in [0.5, 0.6) is 0 Å². The summed E-state index contributed by atoms with van der Waals surface area (Å²) in [5.41, 5.74) is 1.21. The van der Waals surface area contributed by atoms with Crippen LogP contribution in [0.15, 0.2) is 29.1 Å². The van der Waals surface area contributed by atoms with E-state index in [4.69, 9.17) is 4.52 Å². The van der Waals surface area contributed by atoms with E-state index in [0.717, 1.165) is 6.26 Å². The van der Waals surface area contributed by atoms with Crippen molar-refractivity contribution >= 4 is 17.5 Å². The van der Waals surface area contributed by atoms with Crippen molar-refractivity contribution in [2.75, 3.05) is 13.2 Å². The van der Waals surface area contributed by atoms with Crippen molar-refractivity contribution in [1.82, 2.24) is 30.4 Å². The number of imidazole rings is 1. The summed E-state index contributed by atoms with van der Waals surface area (Å²) in [4.78, 5) is 29.9. The molecule has 1 saturated heterocycles. The van der Waals surface area contributed by atoms with Crippen LogP contribution in [0.4, 0.5) is 26.3 Å². The van der Waals surface area contributed by atoms with E-state index in [1.807, 2.05) is 0 Å². The Bertz CT molecular complexity index is 1400. The Kier molecular flexibility index (Phi) is 7.97. The number of carbonyl (C=O) groups is 2. The summed E-state index contributed by atoms with van der Waals surface area (Å²) in [6.45, 7) is -1.21. The molecule has 222 valence electrons. The van der Waals surface area contributed by atoms with Crippen molar-refractivity contribution in [2.24, 2.45) is 17.8 Å². The molecule has 9 nitrogen and oxygen atoms in total. The Balaban J connectivity index is 1.39. The second-order valence-electron chi connectivity index (χ2n) is 10.7. The first-order valence-corrected chi connectivity index (χ1v) is 13.3. The molecule has 2 aliphatic rings. The molecule has 0 spiro atoms. The van der Waals surface area contributed by atoms with Crippen LogP contribution in [0.2, 0.25) is 0 Å². The summed E-state index contributed by atoms with van der Waals surface area (Å²) in [7, 11) is 0. The maximum atomic E-state index is 13.9. The zero-order chi connectivity index (χ0) is 29.4. The molecule has 2 N–H and O–H groups in total. The third-order valence-corrected chi connectivity index (χ3v) is 7.83. The van der Waals surface area contributed by atoms with E-state index < -0.39 is 60.9 Å². The lowest BCUT2D eigenvalue weighted by Gasteiger charge is -2.33. The van der Waals surface area contributed by atoms with Crippen LogP contribution in [0, 0.1) is 17.8 Å². The van der Waals surface area contributed by atoms with Gasteiger partial charge < -0.3 is 15.2 Å². The van der Waals surface area contributed by atoms with Crippen LogP contribution in [-0.2, 0) is 17.6 Å². The summed E-state index contributed by atoms with van der Waals surface area (Å²) in [5, 5.41) is 13.2. The zero-order valence-electron chi connectivity index (χ0n) is 21.8. The number of aryl methyl sites for hydroxylation is 1. The Morgan fingerprint density at radius 2 is 2.00 bits per heavy atom. The third-order valence-electron chi connectivity index (χ3n) is 7.83. The Morgan fingerprint density at radius 3 is 2.71 bits per heavy atom. The van der Waals surface area contributed by atoms with Crippen molar-refractivity contribution in [3.8, 4) is 0 Å². The van der Waals surface area contributed by atoms with Crippen LogP contribution < -0.4 is 10.6 Å². The number of nitrogens with one attached hydrogen (secondary N) is 2. The predicted octanol–water partition coefficient (Wildman–Crippen LogP) is 4.38. The lowest BCUT2D eigenvalue weighted by Crippen LogP contribution is -2.47. The fourth-order valence-electron chi connectivity index (χ4n) is 5.54. The number of carbonyl (C=O) groups excluding carboxylic acids is 2. The molecule has 41 heavy (non-hydrogen) atoms. The van der Waals surface area contributed by atoms with E-state index in [9.17, 15) is 35.9 Å². The lowest BCUT2D eigenvalue weighted by molar-refractivity contribution is -0.183. The first kappa shape index (κ1) is 28.9. The summed E-state index contributed by atoms with van der Waals surface area (Å²) in [6, 6.07) is 2.35. The first-order chi connectivity index (χ1) is 19.4. The van der Waals surface area contributed by atoms with Crippen LogP contribution in [-0.4, -0.2) is 56.9 Å². The van der Waals surface area contributed by atoms with Crippen molar-refractivity contribution in [3.63, 3.8) is 0 Å². The van der Waals surface area contributed by atoms with Crippen LogP contribution >= 0.6 is 0 Å². The highest BCUT2D eigenvalue weighted by molar-refractivity contribution is 5.95. The van der Waals surface area contributed by atoms with Crippen LogP contribution in [0.1, 0.15) is 65.6 Å². The monoisotopic (exact) mass is 586 g/mol. The fourth-order valence-corrected chi connectivity index (χ4v) is 5.54. The van der Waals surface area contributed by atoms with Crippen molar-refractivity contribution in [1.29, 1.82) is 0 Å². The highest BCUT2D eigenvalue weighted by Gasteiger charge is 2.45. The fraction of sp³-hybridized carbons (Fsp3) is 0.577. The molecule has 3 atom stereocenters. The Hall–Kier alpha value is -3.65. The van der Waals surface area contributed by atoms with E-state index in [1.165, 1.54) is 10.7 Å². The predicted molar refractivity (Wildman–Crippen MR) is 131 cm³/mol. The minimum atomic E-state index is -4.43. The standard InChI is InChI=1S/C26H28F6N6O3/c27-8-5-19-18(13-41-37-19)24(40)35-22(14-3-6-25(28,29)7-4-14)20-12-38-21(34-20)2-1-17(36-38)10-15-9-16(26(30,31)32)11-33-23(15)39/h1-2,12-16,22H,3-11H2,(H,33,39)(H,35,40)/t15?,16-,22?/m1/s1. The molecular weight excluding hydrogens is 558 g/mol. The first-order valence-electron chi connectivity index (χ1n) is 13.3. The summed E-state index contributed by atoms with van der Waals surface area (Å²) in [5.74, 6) is -6.85. The van der Waals surface area contributed by atoms with Crippen LogP contribution in [0.3, 0.4) is 0 Å². The van der Waals surface area contributed by atoms with Gasteiger partial charge in [0.15, 0.2) is 5.65 Å². The third kappa shape index (κ3) is 6.48. The van der Waals surface area contributed by atoms with Gasteiger partial charge in [-0.1, -0.05) is 5.16 Å². The van der Waals surface area contributed by atoms with Gasteiger partial charge >= 0.3 is 6.18 Å². The van der Waals surface area contributed by atoms with Crippen LogP contribution in [0.25, 0.3) is 5.65 Å². The van der Waals surface area contributed by atoms with Gasteiger partial charge in [0.05, 0.1) is 41.9 Å². The molecule has 0 bridgehead atoms. The molecule has 2 fully saturated rings. The number of amides is 2. The molecule has 3 aromatic heterocycles. The molecule has 1 aliphatic heterocycles. The van der Waals surface area contributed by atoms with E-state index >= 15 is 0 Å². The lowest BCUT2D eigenvalue weighted by atomic mass is 9.81. The smallest absolute Gasteiger partial charge is 0.364 e. The van der Waals surface area contributed by atoms with Crippen molar-refractivity contribution in [3.05, 3.63) is 47.2 Å². The average Bonchev–Trinajstić information content (AvgIpc) is 3.55. The maximum Gasteiger partial charge on any atom is 0.393 e. The Labute approximate surface area is 230 Å². The molecule has 2 amide bonds. The molecule has 0 radical (unpaired) electrons. The highest BCUT2D eigenvalue weighted by Crippen LogP contribution is 2.41. The number of piperidine rings is 1. The molecular formula is C26H28F6N6O3. The van der Waals surface area contributed by atoms with Crippen molar-refractivity contribution < 1.29 is 40.5 Å². The highest BCUT2D eigenvalue weighted by atomic mass is 19.4. The van der Waals surface area contributed by atoms with Gasteiger partial charge in [0.25, 0.3) is 5.91 Å². The number of halogens is 6. The topological polar surface area (TPSA) is 114 Å². The quantitative estimate of drug-likeness (QED) is 0.379. The van der Waals surface area contributed by atoms with Gasteiger partial charge in [-0.2, -0.15) is 18.3 Å². The van der Waals surface area contributed by atoms with Gasteiger partial charge in [-0.3, -0.25) is 14.0 Å². The van der Waals surface area contributed by atoms with Gasteiger partial charge in [0, 0.05) is 38.1 Å². The van der Waals surface area contributed by atoms with E-state index in [-0.39, 0.29) is 56.2 Å². The SMILES string of the molecule is O=C(NC(c1cn2nc(CC3C[C@@H](C(F)(F)F)CNC3=O)ccc2n1)C1CCC(F)(F)CC1)c1conc1CCF. The molecule has 15 heteroatoms. The number of nitrogens with zero attached hydrogens (tertiary/aromatic N) is 4. The van der Waals surface area contributed by atoms with E-state index in [1.54, 1.807) is 12.1 Å². The zero-order valence-corrected chi connectivity index (χ0v) is 21.8. The number of alkyl halides is 6. The maximum absolute atomic E-state index is 13.9. The van der Waals surface area contributed by atoms with Crippen molar-refractivity contribution in [2.45, 2.75) is 63.1 Å². The molecule has 1 aliphatic carbocycles. The van der Waals surface area contributed by atoms with Gasteiger partial charge in [0.2, 0.25) is 11.8 Å². The second-order valence-corrected chi connectivity index (χ2v) is 10.7. The van der Waals surface area contributed by atoms with Gasteiger partial charge in [-0.05, 0) is 37.3 Å². The number of fused-ring (bicyclic) bond motifs is 1. The van der Waals surface area contributed by atoms with Gasteiger partial charge in [0.1, 0.15) is 11.8 Å². The number of aromatic nitrogens is 4. The van der Waals surface area contributed by atoms with E-state index in [2.05, 4.69) is 25.9 Å². The van der Waals surface area contributed by atoms with Gasteiger partial charge in [-0.25, -0.2) is 18.3 Å². The number of hydrogen-bond donors (Lipinski definition) is 2. The second kappa shape index (κ2) is 11.3.